The van der Waals surface area contributed by atoms with Crippen LogP contribution in [0, 0.1) is 6.92 Å². The highest BCUT2D eigenvalue weighted by atomic mass is 16.5. The maximum Gasteiger partial charge on any atom is 0.306 e. The Bertz CT molecular complexity index is 345. The van der Waals surface area contributed by atoms with E-state index in [1.165, 1.54) is 0 Å². The zero-order valence-electron chi connectivity index (χ0n) is 9.12. The topological polar surface area (TPSA) is 46.5 Å². The minimum atomic E-state index is -0.194. The molecule has 3 heteroatoms. The van der Waals surface area contributed by atoms with Crippen LogP contribution in [0.1, 0.15) is 24.5 Å². The number of aromatic hydroxyl groups is 1. The Morgan fingerprint density at radius 2 is 2.20 bits per heavy atom. The van der Waals surface area contributed by atoms with Gasteiger partial charge in [-0.2, -0.15) is 0 Å². The highest BCUT2D eigenvalue weighted by molar-refractivity contribution is 5.69. The van der Waals surface area contributed by atoms with Gasteiger partial charge in [0, 0.05) is 6.42 Å². The van der Waals surface area contributed by atoms with Crippen LogP contribution in [0.25, 0.3) is 0 Å². The summed E-state index contributed by atoms with van der Waals surface area (Å²) in [7, 11) is 0. The van der Waals surface area contributed by atoms with Crippen molar-refractivity contribution in [3.05, 3.63) is 29.3 Å². The van der Waals surface area contributed by atoms with Gasteiger partial charge in [0.1, 0.15) is 5.75 Å². The number of phenolic OH excluding ortho intramolecular Hbond substituents is 1. The largest absolute Gasteiger partial charge is 0.508 e. The van der Waals surface area contributed by atoms with Gasteiger partial charge in [0.25, 0.3) is 0 Å². The van der Waals surface area contributed by atoms with Crippen molar-refractivity contribution in [3.8, 4) is 5.75 Å². The molecule has 0 aliphatic heterocycles. The standard InChI is InChI=1S/C12H16O3/c1-3-15-12(14)8-7-10-5-4-6-11(13)9(10)2/h4-6,13H,3,7-8H2,1-2H3. The lowest BCUT2D eigenvalue weighted by Crippen LogP contribution is -2.05. The van der Waals surface area contributed by atoms with Gasteiger partial charge in [-0.25, -0.2) is 0 Å². The van der Waals surface area contributed by atoms with Crippen LogP contribution in [0.5, 0.6) is 5.75 Å². The van der Waals surface area contributed by atoms with Crippen molar-refractivity contribution in [1.29, 1.82) is 0 Å². The van der Waals surface area contributed by atoms with E-state index in [0.717, 1.165) is 11.1 Å². The molecule has 0 aromatic heterocycles. The molecule has 3 nitrogen and oxygen atoms in total. The Balaban J connectivity index is 2.58. The van der Waals surface area contributed by atoms with E-state index in [2.05, 4.69) is 0 Å². The number of ether oxygens (including phenoxy) is 1. The number of aryl methyl sites for hydroxylation is 1. The summed E-state index contributed by atoms with van der Waals surface area (Å²) in [5.74, 6) is 0.0802. The molecular weight excluding hydrogens is 192 g/mol. The van der Waals surface area contributed by atoms with Crippen molar-refractivity contribution < 1.29 is 14.6 Å². The van der Waals surface area contributed by atoms with Crippen molar-refractivity contribution in [2.24, 2.45) is 0 Å². The van der Waals surface area contributed by atoms with E-state index in [9.17, 15) is 9.90 Å². The number of rotatable bonds is 4. The number of esters is 1. The summed E-state index contributed by atoms with van der Waals surface area (Å²) in [6.45, 7) is 4.05. The second kappa shape index (κ2) is 5.39. The normalized spacial score (nSPS) is 10.0. The van der Waals surface area contributed by atoms with Crippen LogP contribution in [0.15, 0.2) is 18.2 Å². The summed E-state index contributed by atoms with van der Waals surface area (Å²) >= 11 is 0. The fourth-order valence-corrected chi connectivity index (χ4v) is 1.41. The Kier molecular flexibility index (Phi) is 4.16. The van der Waals surface area contributed by atoms with Crippen LogP contribution in [-0.4, -0.2) is 17.7 Å². The first kappa shape index (κ1) is 11.6. The van der Waals surface area contributed by atoms with Crippen molar-refractivity contribution in [2.45, 2.75) is 26.7 Å². The third-order valence-corrected chi connectivity index (χ3v) is 2.32. The molecule has 0 heterocycles. The van der Waals surface area contributed by atoms with E-state index >= 15 is 0 Å². The summed E-state index contributed by atoms with van der Waals surface area (Å²) in [6.07, 6.45) is 0.969. The molecular formula is C12H16O3. The molecule has 0 radical (unpaired) electrons. The van der Waals surface area contributed by atoms with Gasteiger partial charge in [0.05, 0.1) is 6.61 Å². The van der Waals surface area contributed by atoms with Gasteiger partial charge in [0.2, 0.25) is 0 Å². The fraction of sp³-hybridized carbons (Fsp3) is 0.417. The third kappa shape index (κ3) is 3.27. The van der Waals surface area contributed by atoms with E-state index in [1.54, 1.807) is 19.1 Å². The highest BCUT2D eigenvalue weighted by Gasteiger charge is 2.06. The SMILES string of the molecule is CCOC(=O)CCc1cccc(O)c1C. The van der Waals surface area contributed by atoms with Gasteiger partial charge in [-0.15, -0.1) is 0 Å². The van der Waals surface area contributed by atoms with Crippen LogP contribution < -0.4 is 0 Å². The zero-order valence-corrected chi connectivity index (χ0v) is 9.12. The number of hydrogen-bond acceptors (Lipinski definition) is 3. The lowest BCUT2D eigenvalue weighted by atomic mass is 10.0. The molecule has 1 aromatic carbocycles. The first-order valence-corrected chi connectivity index (χ1v) is 5.08. The van der Waals surface area contributed by atoms with Gasteiger partial charge >= 0.3 is 5.97 Å². The molecule has 0 aliphatic carbocycles. The van der Waals surface area contributed by atoms with Crippen LogP contribution in [0.4, 0.5) is 0 Å². The lowest BCUT2D eigenvalue weighted by molar-refractivity contribution is -0.143. The number of carbonyl (C=O) groups excluding carboxylic acids is 1. The maximum atomic E-state index is 11.1. The second-order valence-electron chi connectivity index (χ2n) is 3.37. The van der Waals surface area contributed by atoms with Crippen molar-refractivity contribution in [2.75, 3.05) is 6.61 Å². The minimum absolute atomic E-state index is 0.194. The van der Waals surface area contributed by atoms with Gasteiger partial charge in [-0.1, -0.05) is 12.1 Å². The minimum Gasteiger partial charge on any atom is -0.508 e. The monoisotopic (exact) mass is 208 g/mol. The Morgan fingerprint density at radius 3 is 2.87 bits per heavy atom. The van der Waals surface area contributed by atoms with Crippen LogP contribution in [0.3, 0.4) is 0 Å². The fourth-order valence-electron chi connectivity index (χ4n) is 1.41. The molecule has 0 saturated carbocycles. The second-order valence-corrected chi connectivity index (χ2v) is 3.37. The molecule has 1 N–H and O–H groups in total. The van der Waals surface area contributed by atoms with Crippen LogP contribution in [-0.2, 0) is 16.0 Å². The molecule has 0 amide bonds. The van der Waals surface area contributed by atoms with E-state index in [1.807, 2.05) is 13.0 Å². The molecule has 0 spiro atoms. The summed E-state index contributed by atoms with van der Waals surface area (Å²) in [4.78, 5) is 11.1. The molecule has 0 saturated heterocycles. The van der Waals surface area contributed by atoms with Crippen molar-refractivity contribution in [1.82, 2.24) is 0 Å². The van der Waals surface area contributed by atoms with Gasteiger partial charge in [0.15, 0.2) is 0 Å². The number of benzene rings is 1. The van der Waals surface area contributed by atoms with Gasteiger partial charge in [-0.05, 0) is 37.5 Å². The van der Waals surface area contributed by atoms with E-state index in [4.69, 9.17) is 4.74 Å². The summed E-state index contributed by atoms with van der Waals surface area (Å²) < 4.78 is 4.83. The Morgan fingerprint density at radius 1 is 1.47 bits per heavy atom. The van der Waals surface area contributed by atoms with Gasteiger partial charge in [-0.3, -0.25) is 4.79 Å². The van der Waals surface area contributed by atoms with E-state index in [0.29, 0.717) is 19.4 Å². The molecule has 0 bridgehead atoms. The maximum absolute atomic E-state index is 11.1. The smallest absolute Gasteiger partial charge is 0.306 e. The van der Waals surface area contributed by atoms with Crippen LogP contribution in [0.2, 0.25) is 0 Å². The average molecular weight is 208 g/mol. The summed E-state index contributed by atoms with van der Waals surface area (Å²) in [6, 6.07) is 5.33. The summed E-state index contributed by atoms with van der Waals surface area (Å²) in [5.41, 5.74) is 1.82. The number of carbonyl (C=O) groups is 1. The zero-order chi connectivity index (χ0) is 11.3. The van der Waals surface area contributed by atoms with Crippen molar-refractivity contribution >= 4 is 5.97 Å². The predicted molar refractivity (Wildman–Crippen MR) is 57.8 cm³/mol. The quantitative estimate of drug-likeness (QED) is 0.771. The molecule has 1 rings (SSSR count). The molecule has 15 heavy (non-hydrogen) atoms. The van der Waals surface area contributed by atoms with Crippen molar-refractivity contribution in [3.63, 3.8) is 0 Å². The molecule has 0 fully saturated rings. The molecule has 0 atom stereocenters. The molecule has 82 valence electrons. The predicted octanol–water partition coefficient (Wildman–Crippen LogP) is 2.20. The van der Waals surface area contributed by atoms with Crippen LogP contribution >= 0.6 is 0 Å². The molecule has 1 aromatic rings. The number of phenols is 1. The summed E-state index contributed by atoms with van der Waals surface area (Å²) in [5, 5.41) is 9.45. The molecule has 0 aliphatic rings. The highest BCUT2D eigenvalue weighted by Crippen LogP contribution is 2.20. The number of hydrogen-bond donors (Lipinski definition) is 1. The lowest BCUT2D eigenvalue weighted by Gasteiger charge is -2.06. The molecule has 0 unspecified atom stereocenters. The average Bonchev–Trinajstić information content (AvgIpc) is 2.21. The first-order valence-electron chi connectivity index (χ1n) is 5.08. The van der Waals surface area contributed by atoms with E-state index < -0.39 is 0 Å². The first-order chi connectivity index (χ1) is 7.15. The Labute approximate surface area is 89.7 Å². The third-order valence-electron chi connectivity index (χ3n) is 2.32. The van der Waals surface area contributed by atoms with Gasteiger partial charge < -0.3 is 9.84 Å². The van der Waals surface area contributed by atoms with E-state index in [-0.39, 0.29) is 11.7 Å². The Hall–Kier alpha value is -1.51.